The summed E-state index contributed by atoms with van der Waals surface area (Å²) in [6.45, 7) is 1.32. The molecule has 0 radical (unpaired) electrons. The molecule has 1 saturated heterocycles. The maximum Gasteiger partial charge on any atom is 0.168 e. The van der Waals surface area contributed by atoms with Crippen LogP contribution in [0.3, 0.4) is 0 Å². The quantitative estimate of drug-likeness (QED) is 0.764. The summed E-state index contributed by atoms with van der Waals surface area (Å²) in [4.78, 5) is 0. The number of ether oxygens (including phenoxy) is 2. The van der Waals surface area contributed by atoms with Gasteiger partial charge in [-0.3, -0.25) is 0 Å². The largest absolute Gasteiger partial charge is 0.384 e. The first-order valence-electron chi connectivity index (χ1n) is 5.99. The van der Waals surface area contributed by atoms with Crippen LogP contribution in [0.25, 0.3) is 0 Å². The highest BCUT2D eigenvalue weighted by atomic mass is 16.7. The van der Waals surface area contributed by atoms with Crippen molar-refractivity contribution in [3.63, 3.8) is 0 Å². The molecule has 0 atom stereocenters. The van der Waals surface area contributed by atoms with Gasteiger partial charge in [-0.05, 0) is 12.8 Å². The number of aromatic nitrogens is 3. The summed E-state index contributed by atoms with van der Waals surface area (Å²) in [6.07, 6.45) is 4.31. The Kier molecular flexibility index (Phi) is 2.46. The molecule has 2 fully saturated rings. The number of hydrogen-bond donors (Lipinski definition) is 1. The molecular weight excluding hydrogens is 222 g/mol. The van der Waals surface area contributed by atoms with E-state index in [-0.39, 0.29) is 0 Å². The number of hydrogen-bond acceptors (Lipinski definition) is 5. The van der Waals surface area contributed by atoms with Crippen molar-refractivity contribution >= 4 is 0 Å². The third-order valence-electron chi connectivity index (χ3n) is 3.84. The molecule has 0 aromatic carbocycles. The van der Waals surface area contributed by atoms with E-state index in [9.17, 15) is 5.11 Å². The maximum atomic E-state index is 10.6. The molecule has 6 heteroatoms. The molecule has 1 aliphatic heterocycles. The third-order valence-corrected chi connectivity index (χ3v) is 3.84. The van der Waals surface area contributed by atoms with Crippen molar-refractivity contribution in [1.29, 1.82) is 0 Å². The van der Waals surface area contributed by atoms with Gasteiger partial charge >= 0.3 is 0 Å². The number of rotatable bonds is 1. The molecule has 17 heavy (non-hydrogen) atoms. The second-order valence-corrected chi connectivity index (χ2v) is 4.88. The Labute approximate surface area is 99.5 Å². The summed E-state index contributed by atoms with van der Waals surface area (Å²) in [7, 11) is 1.80. The molecule has 1 spiro atoms. The van der Waals surface area contributed by atoms with Crippen molar-refractivity contribution in [2.24, 2.45) is 7.05 Å². The second kappa shape index (κ2) is 3.76. The fraction of sp³-hybridized carbons (Fsp3) is 0.818. The van der Waals surface area contributed by atoms with Crippen LogP contribution in [0.2, 0.25) is 0 Å². The number of aryl methyl sites for hydroxylation is 1. The number of nitrogens with zero attached hydrogens (tertiary/aromatic N) is 3. The standard InChI is InChI=1S/C11H17N3O3/c1-14-9(8-12-13-14)10(15)2-4-11(5-3-10)16-6-7-17-11/h8,15H,2-7H2,1H3. The number of aliphatic hydroxyl groups is 1. The topological polar surface area (TPSA) is 69.4 Å². The summed E-state index contributed by atoms with van der Waals surface area (Å²) in [5.41, 5.74) is -0.0796. The minimum atomic E-state index is -0.848. The van der Waals surface area contributed by atoms with Crippen molar-refractivity contribution < 1.29 is 14.6 Å². The predicted octanol–water partition coefficient (Wildman–Crippen LogP) is 0.320. The van der Waals surface area contributed by atoms with E-state index in [0.717, 1.165) is 5.69 Å². The Hall–Kier alpha value is -0.980. The maximum absolute atomic E-state index is 10.6. The molecule has 1 aliphatic carbocycles. The van der Waals surface area contributed by atoms with Gasteiger partial charge in [0.05, 0.1) is 25.1 Å². The fourth-order valence-electron chi connectivity index (χ4n) is 2.80. The first kappa shape index (κ1) is 11.1. The first-order chi connectivity index (χ1) is 8.14. The molecule has 94 valence electrons. The van der Waals surface area contributed by atoms with Crippen molar-refractivity contribution in [3.05, 3.63) is 11.9 Å². The molecule has 0 bridgehead atoms. The highest BCUT2D eigenvalue weighted by molar-refractivity contribution is 5.10. The van der Waals surface area contributed by atoms with Gasteiger partial charge in [-0.25, -0.2) is 4.68 Å². The van der Waals surface area contributed by atoms with Crippen LogP contribution < -0.4 is 0 Å². The Morgan fingerprint density at radius 3 is 2.41 bits per heavy atom. The molecule has 1 saturated carbocycles. The summed E-state index contributed by atoms with van der Waals surface area (Å²) < 4.78 is 12.9. The van der Waals surface area contributed by atoms with Crippen LogP contribution in [0.1, 0.15) is 31.4 Å². The zero-order valence-corrected chi connectivity index (χ0v) is 9.93. The smallest absolute Gasteiger partial charge is 0.168 e. The van der Waals surface area contributed by atoms with Gasteiger partial charge in [0.25, 0.3) is 0 Å². The van der Waals surface area contributed by atoms with Gasteiger partial charge in [0.15, 0.2) is 5.79 Å². The lowest BCUT2D eigenvalue weighted by Gasteiger charge is -2.40. The summed E-state index contributed by atoms with van der Waals surface area (Å²) >= 11 is 0. The monoisotopic (exact) mass is 239 g/mol. The minimum absolute atomic E-state index is 0.446. The third kappa shape index (κ3) is 1.76. The molecule has 0 amide bonds. The lowest BCUT2D eigenvalue weighted by Crippen LogP contribution is -2.42. The zero-order valence-electron chi connectivity index (χ0n) is 9.93. The van der Waals surface area contributed by atoms with E-state index in [4.69, 9.17) is 9.47 Å². The summed E-state index contributed by atoms with van der Waals surface area (Å²) in [5.74, 6) is -0.446. The van der Waals surface area contributed by atoms with E-state index in [1.165, 1.54) is 0 Å². The summed E-state index contributed by atoms with van der Waals surface area (Å²) in [6, 6.07) is 0. The highest BCUT2D eigenvalue weighted by Gasteiger charge is 2.47. The highest BCUT2D eigenvalue weighted by Crippen LogP contribution is 2.44. The van der Waals surface area contributed by atoms with Gasteiger partial charge < -0.3 is 14.6 Å². The molecule has 0 unspecified atom stereocenters. The van der Waals surface area contributed by atoms with E-state index in [1.54, 1.807) is 17.9 Å². The van der Waals surface area contributed by atoms with Crippen LogP contribution in [-0.4, -0.2) is 39.1 Å². The Morgan fingerprint density at radius 1 is 1.24 bits per heavy atom. The minimum Gasteiger partial charge on any atom is -0.384 e. The molecule has 6 nitrogen and oxygen atoms in total. The predicted molar refractivity (Wildman–Crippen MR) is 58.0 cm³/mol. The van der Waals surface area contributed by atoms with E-state index >= 15 is 0 Å². The van der Waals surface area contributed by atoms with Crippen molar-refractivity contribution in [3.8, 4) is 0 Å². The van der Waals surface area contributed by atoms with E-state index in [0.29, 0.717) is 38.9 Å². The molecule has 2 heterocycles. The van der Waals surface area contributed by atoms with Gasteiger partial charge in [0.2, 0.25) is 0 Å². The van der Waals surface area contributed by atoms with Crippen LogP contribution in [0.4, 0.5) is 0 Å². The Morgan fingerprint density at radius 2 is 1.88 bits per heavy atom. The van der Waals surface area contributed by atoms with Gasteiger partial charge in [-0.15, -0.1) is 5.10 Å². The molecule has 1 N–H and O–H groups in total. The van der Waals surface area contributed by atoms with E-state index < -0.39 is 11.4 Å². The van der Waals surface area contributed by atoms with Gasteiger partial charge in [-0.2, -0.15) is 0 Å². The van der Waals surface area contributed by atoms with Crippen molar-refractivity contribution in [2.45, 2.75) is 37.1 Å². The lowest BCUT2D eigenvalue weighted by atomic mass is 9.79. The van der Waals surface area contributed by atoms with Gasteiger partial charge in [0.1, 0.15) is 5.60 Å². The molecule has 1 aromatic heterocycles. The van der Waals surface area contributed by atoms with Crippen LogP contribution in [0, 0.1) is 0 Å². The zero-order chi connectivity index (χ0) is 11.9. The Balaban J connectivity index is 1.77. The van der Waals surface area contributed by atoms with Crippen LogP contribution in [0.5, 0.6) is 0 Å². The average molecular weight is 239 g/mol. The molecule has 2 aliphatic rings. The van der Waals surface area contributed by atoms with E-state index in [2.05, 4.69) is 10.3 Å². The fourth-order valence-corrected chi connectivity index (χ4v) is 2.80. The van der Waals surface area contributed by atoms with Gasteiger partial charge in [-0.1, -0.05) is 5.21 Å². The molecular formula is C11H17N3O3. The van der Waals surface area contributed by atoms with E-state index in [1.807, 2.05) is 0 Å². The Bertz CT molecular complexity index is 402. The normalized spacial score (nSPS) is 26.5. The average Bonchev–Trinajstić information content (AvgIpc) is 2.94. The van der Waals surface area contributed by atoms with Crippen LogP contribution >= 0.6 is 0 Å². The molecule has 3 rings (SSSR count). The van der Waals surface area contributed by atoms with Crippen molar-refractivity contribution in [2.75, 3.05) is 13.2 Å². The first-order valence-corrected chi connectivity index (χ1v) is 5.99. The SMILES string of the molecule is Cn1nncc1C1(O)CCC2(CC1)OCCO2. The van der Waals surface area contributed by atoms with Crippen LogP contribution in [-0.2, 0) is 22.1 Å². The van der Waals surface area contributed by atoms with Crippen LogP contribution in [0.15, 0.2) is 6.20 Å². The summed E-state index contributed by atoms with van der Waals surface area (Å²) in [5, 5.41) is 18.3. The second-order valence-electron chi connectivity index (χ2n) is 4.88. The van der Waals surface area contributed by atoms with Crippen molar-refractivity contribution in [1.82, 2.24) is 15.0 Å². The molecule has 1 aromatic rings. The van der Waals surface area contributed by atoms with Gasteiger partial charge in [0, 0.05) is 19.9 Å². The lowest BCUT2D eigenvalue weighted by molar-refractivity contribution is -0.205.